The van der Waals surface area contributed by atoms with Gasteiger partial charge in [-0.1, -0.05) is 13.3 Å². The summed E-state index contributed by atoms with van der Waals surface area (Å²) in [6.45, 7) is 16.6. The maximum absolute atomic E-state index is 12.9. The quantitative estimate of drug-likeness (QED) is 0.154. The first-order valence-corrected chi connectivity index (χ1v) is 12.7. The Morgan fingerprint density at radius 3 is 1.92 bits per heavy atom. The first kappa shape index (κ1) is 29.8. The van der Waals surface area contributed by atoms with Crippen LogP contribution in [0.5, 0.6) is 17.2 Å². The predicted molar refractivity (Wildman–Crippen MR) is 146 cm³/mol. The molecule has 0 saturated carbocycles. The summed E-state index contributed by atoms with van der Waals surface area (Å²) >= 11 is 0. The molecule has 0 N–H and O–H groups in total. The van der Waals surface area contributed by atoms with Crippen molar-refractivity contribution in [2.45, 2.75) is 81.3 Å². The van der Waals surface area contributed by atoms with Gasteiger partial charge in [-0.25, -0.2) is 0 Å². The number of esters is 2. The molecule has 2 aromatic rings. The van der Waals surface area contributed by atoms with E-state index in [2.05, 4.69) is 6.92 Å². The van der Waals surface area contributed by atoms with Gasteiger partial charge in [0.15, 0.2) is 5.78 Å². The predicted octanol–water partition coefficient (Wildman–Crippen LogP) is 7.23. The molecule has 37 heavy (non-hydrogen) atoms. The fourth-order valence-corrected chi connectivity index (χ4v) is 3.13. The van der Waals surface area contributed by atoms with E-state index in [-0.39, 0.29) is 23.8 Å². The molecular formula is C31H40O6. The third-order valence-corrected chi connectivity index (χ3v) is 5.27. The number of rotatable bonds is 9. The van der Waals surface area contributed by atoms with Crippen molar-refractivity contribution < 1.29 is 28.6 Å². The molecule has 0 radical (unpaired) electrons. The zero-order chi connectivity index (χ0) is 28.0. The number of ether oxygens (including phenoxy) is 3. The van der Waals surface area contributed by atoms with Crippen LogP contribution in [0.4, 0.5) is 0 Å². The number of benzene rings is 2. The Labute approximate surface area is 221 Å². The van der Waals surface area contributed by atoms with Crippen LogP contribution in [-0.2, 0) is 16.0 Å². The van der Waals surface area contributed by atoms with E-state index in [1.54, 1.807) is 57.2 Å². The number of hydrogen-bond acceptors (Lipinski definition) is 6. The van der Waals surface area contributed by atoms with Gasteiger partial charge in [-0.2, -0.15) is 0 Å². The molecule has 0 aliphatic carbocycles. The molecule has 0 bridgehead atoms. The minimum absolute atomic E-state index is 0.116. The van der Waals surface area contributed by atoms with Gasteiger partial charge < -0.3 is 14.2 Å². The Bertz CT molecular complexity index is 1140. The van der Waals surface area contributed by atoms with E-state index in [1.165, 1.54) is 6.08 Å². The van der Waals surface area contributed by atoms with E-state index in [0.29, 0.717) is 29.2 Å². The average molecular weight is 509 g/mol. The van der Waals surface area contributed by atoms with Gasteiger partial charge in [-0.15, -0.1) is 0 Å². The van der Waals surface area contributed by atoms with E-state index < -0.39 is 10.8 Å². The van der Waals surface area contributed by atoms with E-state index >= 15 is 0 Å². The first-order chi connectivity index (χ1) is 17.1. The molecule has 2 rings (SSSR count). The summed E-state index contributed by atoms with van der Waals surface area (Å²) in [6.07, 6.45) is 4.64. The third kappa shape index (κ3) is 8.88. The smallest absolute Gasteiger partial charge is 0.316 e. The lowest BCUT2D eigenvalue weighted by molar-refractivity contribution is -0.143. The monoisotopic (exact) mass is 508 g/mol. The summed E-state index contributed by atoms with van der Waals surface area (Å²) in [6, 6.07) is 10.1. The Morgan fingerprint density at radius 1 is 0.838 bits per heavy atom. The third-order valence-electron chi connectivity index (χ3n) is 5.27. The Morgan fingerprint density at radius 2 is 1.41 bits per heavy atom. The molecule has 0 saturated heterocycles. The van der Waals surface area contributed by atoms with Crippen LogP contribution in [0.1, 0.15) is 90.2 Å². The standard InChI is InChI=1S/C31H40O6/c1-10-11-22-18-23(26(35-20(2)3)19-27(22)37-29(34)31(7,8)9)14-17-25(32)21-12-15-24(16-13-21)36-28(33)30(4,5)6/h12-20H,10-11H2,1-9H3. The number of aryl methyl sites for hydroxylation is 1. The summed E-state index contributed by atoms with van der Waals surface area (Å²) in [5, 5.41) is 0. The van der Waals surface area contributed by atoms with Crippen LogP contribution < -0.4 is 14.2 Å². The average Bonchev–Trinajstić information content (AvgIpc) is 2.78. The highest BCUT2D eigenvalue weighted by Gasteiger charge is 2.26. The molecule has 0 aliphatic heterocycles. The minimum Gasteiger partial charge on any atom is -0.490 e. The summed E-state index contributed by atoms with van der Waals surface area (Å²) in [5.74, 6) is 0.516. The van der Waals surface area contributed by atoms with Crippen molar-refractivity contribution in [2.24, 2.45) is 10.8 Å². The van der Waals surface area contributed by atoms with Gasteiger partial charge in [0, 0.05) is 17.2 Å². The molecule has 0 fully saturated rings. The van der Waals surface area contributed by atoms with E-state index in [4.69, 9.17) is 14.2 Å². The second kappa shape index (κ2) is 12.2. The maximum atomic E-state index is 12.9. The summed E-state index contributed by atoms with van der Waals surface area (Å²) in [7, 11) is 0. The van der Waals surface area contributed by atoms with Gasteiger partial charge in [-0.05, 0) is 110 Å². The summed E-state index contributed by atoms with van der Waals surface area (Å²) < 4.78 is 17.1. The molecular weight excluding hydrogens is 468 g/mol. The zero-order valence-corrected chi connectivity index (χ0v) is 23.6. The van der Waals surface area contributed by atoms with Crippen LogP contribution in [0.3, 0.4) is 0 Å². The van der Waals surface area contributed by atoms with Crippen molar-refractivity contribution >= 4 is 23.8 Å². The summed E-state index contributed by atoms with van der Waals surface area (Å²) in [5.41, 5.74) is 0.783. The molecule has 0 amide bonds. The normalized spacial score (nSPS) is 12.1. The SMILES string of the molecule is CCCc1cc(C=CC(=O)c2ccc(OC(=O)C(C)(C)C)cc2)c(OC(C)C)cc1OC(=O)C(C)(C)C. The highest BCUT2D eigenvalue weighted by Crippen LogP contribution is 2.33. The molecule has 200 valence electrons. The van der Waals surface area contributed by atoms with Crippen LogP contribution in [0, 0.1) is 10.8 Å². The molecule has 0 unspecified atom stereocenters. The van der Waals surface area contributed by atoms with Crippen molar-refractivity contribution in [2.75, 3.05) is 0 Å². The van der Waals surface area contributed by atoms with Gasteiger partial charge in [0.25, 0.3) is 0 Å². The van der Waals surface area contributed by atoms with E-state index in [1.807, 2.05) is 40.7 Å². The van der Waals surface area contributed by atoms with Gasteiger partial charge in [0.1, 0.15) is 17.2 Å². The Kier molecular flexibility index (Phi) is 9.85. The Balaban J connectivity index is 2.34. The highest BCUT2D eigenvalue weighted by atomic mass is 16.5. The Hall–Kier alpha value is -3.41. The van der Waals surface area contributed by atoms with Gasteiger partial charge in [-0.3, -0.25) is 14.4 Å². The van der Waals surface area contributed by atoms with Crippen molar-refractivity contribution in [3.8, 4) is 17.2 Å². The topological polar surface area (TPSA) is 78.9 Å². The minimum atomic E-state index is -0.645. The zero-order valence-electron chi connectivity index (χ0n) is 23.6. The lowest BCUT2D eigenvalue weighted by atomic mass is 9.97. The number of carbonyl (C=O) groups is 3. The van der Waals surface area contributed by atoms with Crippen molar-refractivity contribution in [3.05, 3.63) is 59.2 Å². The van der Waals surface area contributed by atoms with Crippen molar-refractivity contribution in [1.82, 2.24) is 0 Å². The number of ketones is 1. The van der Waals surface area contributed by atoms with E-state index in [0.717, 1.165) is 17.5 Å². The molecule has 0 aliphatic rings. The maximum Gasteiger partial charge on any atom is 0.316 e. The molecule has 0 atom stereocenters. The summed E-state index contributed by atoms with van der Waals surface area (Å²) in [4.78, 5) is 37.5. The fourth-order valence-electron chi connectivity index (χ4n) is 3.13. The number of allylic oxidation sites excluding steroid dienone is 1. The fraction of sp³-hybridized carbons (Fsp3) is 0.452. The second-order valence-electron chi connectivity index (χ2n) is 11.4. The van der Waals surface area contributed by atoms with Crippen LogP contribution in [0.25, 0.3) is 6.08 Å². The molecule has 6 heteroatoms. The molecule has 0 heterocycles. The van der Waals surface area contributed by atoms with Crippen molar-refractivity contribution in [3.63, 3.8) is 0 Å². The number of carbonyl (C=O) groups excluding carboxylic acids is 3. The molecule has 0 spiro atoms. The van der Waals surface area contributed by atoms with E-state index in [9.17, 15) is 14.4 Å². The van der Waals surface area contributed by atoms with Crippen molar-refractivity contribution in [1.29, 1.82) is 0 Å². The highest BCUT2D eigenvalue weighted by molar-refractivity contribution is 6.07. The van der Waals surface area contributed by atoms with Crippen LogP contribution in [0.2, 0.25) is 0 Å². The molecule has 6 nitrogen and oxygen atoms in total. The first-order valence-electron chi connectivity index (χ1n) is 12.7. The van der Waals surface area contributed by atoms with Crippen LogP contribution >= 0.6 is 0 Å². The van der Waals surface area contributed by atoms with Gasteiger partial charge in [0.2, 0.25) is 0 Å². The lowest BCUT2D eigenvalue weighted by Crippen LogP contribution is -2.26. The lowest BCUT2D eigenvalue weighted by Gasteiger charge is -2.20. The van der Waals surface area contributed by atoms with Crippen LogP contribution in [0.15, 0.2) is 42.5 Å². The molecule has 2 aromatic carbocycles. The van der Waals surface area contributed by atoms with Gasteiger partial charge in [0.05, 0.1) is 16.9 Å². The second-order valence-corrected chi connectivity index (χ2v) is 11.4. The number of hydrogen-bond donors (Lipinski definition) is 0. The largest absolute Gasteiger partial charge is 0.490 e. The van der Waals surface area contributed by atoms with Gasteiger partial charge >= 0.3 is 11.9 Å². The molecule has 0 aromatic heterocycles. The van der Waals surface area contributed by atoms with Crippen LogP contribution in [-0.4, -0.2) is 23.8 Å².